The molecule has 0 fully saturated rings. The van der Waals surface area contributed by atoms with Crippen LogP contribution in [-0.2, 0) is 24.2 Å². The van der Waals surface area contributed by atoms with E-state index >= 15 is 0 Å². The topological polar surface area (TPSA) is 85.3 Å². The molecule has 98 valence electrons. The Bertz CT molecular complexity index is 527. The maximum atomic E-state index is 11.8. The third-order valence-electron chi connectivity index (χ3n) is 2.06. The molecule has 1 aromatic rings. The number of aryl methyl sites for hydroxylation is 1. The first-order chi connectivity index (χ1) is 8.37. The predicted molar refractivity (Wildman–Crippen MR) is 63.5 cm³/mol. The van der Waals surface area contributed by atoms with Gasteiger partial charge in [0, 0.05) is 5.92 Å². The summed E-state index contributed by atoms with van der Waals surface area (Å²) < 4.78 is 23.6. The first-order valence-corrected chi connectivity index (χ1v) is 6.76. The lowest BCUT2D eigenvalue weighted by Crippen LogP contribution is -2.15. The number of benzene rings is 1. The third-order valence-corrected chi connectivity index (χ3v) is 4.00. The van der Waals surface area contributed by atoms with E-state index in [1.165, 1.54) is 0 Å². The monoisotopic (exact) mass is 270 g/mol. The molecule has 1 atom stereocenters. The molecule has 0 bridgehead atoms. The van der Waals surface area contributed by atoms with E-state index in [1.807, 2.05) is 13.0 Å². The molecule has 0 aliphatic carbocycles. The van der Waals surface area contributed by atoms with Gasteiger partial charge in [-0.25, -0.2) is 8.42 Å². The Labute approximate surface area is 106 Å². The van der Waals surface area contributed by atoms with Crippen molar-refractivity contribution in [3.63, 3.8) is 0 Å². The number of carbonyl (C=O) groups excluding carboxylic acids is 3. The first-order valence-electron chi connectivity index (χ1n) is 5.11. The van der Waals surface area contributed by atoms with Gasteiger partial charge >= 0.3 is 6.15 Å². The number of hydrogen-bond donors (Lipinski definition) is 0. The summed E-state index contributed by atoms with van der Waals surface area (Å²) in [5.41, 5.74) is 0.898. The van der Waals surface area contributed by atoms with Crippen LogP contribution in [0.4, 0.5) is 0 Å². The zero-order valence-corrected chi connectivity index (χ0v) is 10.9. The second kappa shape index (κ2) is 7.53. The van der Waals surface area contributed by atoms with Crippen LogP contribution in [0.15, 0.2) is 29.2 Å². The van der Waals surface area contributed by atoms with Crippen molar-refractivity contribution in [3.05, 3.63) is 29.8 Å². The molecule has 0 aliphatic heterocycles. The summed E-state index contributed by atoms with van der Waals surface area (Å²) in [6, 6.07) is 6.71. The van der Waals surface area contributed by atoms with Gasteiger partial charge in [0.25, 0.3) is 0 Å². The van der Waals surface area contributed by atoms with Crippen LogP contribution in [0.5, 0.6) is 0 Å². The number of hydrogen-bond acceptors (Lipinski definition) is 5. The molecule has 0 spiro atoms. The highest BCUT2D eigenvalue weighted by molar-refractivity contribution is 7.91. The van der Waals surface area contributed by atoms with Gasteiger partial charge < -0.3 is 4.79 Å². The molecule has 0 heterocycles. The fourth-order valence-electron chi connectivity index (χ4n) is 1.29. The van der Waals surface area contributed by atoms with Gasteiger partial charge in [-0.2, -0.15) is 9.59 Å². The second-order valence-electron chi connectivity index (χ2n) is 3.79. The summed E-state index contributed by atoms with van der Waals surface area (Å²) in [7, 11) is -3.33. The van der Waals surface area contributed by atoms with Crippen LogP contribution < -0.4 is 0 Å². The van der Waals surface area contributed by atoms with Crippen molar-refractivity contribution in [2.24, 2.45) is 5.92 Å². The number of carbonyl (C=O) groups is 1. The van der Waals surface area contributed by atoms with E-state index in [9.17, 15) is 13.2 Å². The molecule has 0 aromatic heterocycles. The van der Waals surface area contributed by atoms with E-state index in [4.69, 9.17) is 9.59 Å². The maximum absolute atomic E-state index is 11.8. The normalized spacial score (nSPS) is 11.7. The van der Waals surface area contributed by atoms with Crippen molar-refractivity contribution in [1.82, 2.24) is 0 Å². The van der Waals surface area contributed by atoms with Crippen LogP contribution in [0.2, 0.25) is 0 Å². The minimum Gasteiger partial charge on any atom is -0.303 e. The van der Waals surface area contributed by atoms with Crippen LogP contribution in [0, 0.1) is 12.8 Å². The molecule has 6 heteroatoms. The van der Waals surface area contributed by atoms with Crippen molar-refractivity contribution in [2.45, 2.75) is 18.7 Å². The molecule has 0 unspecified atom stereocenters. The number of sulfone groups is 1. The standard InChI is InChI=1S/C11H14O3S.CO2/c1-9-4-3-5-11(6-9)15(13,14)8-10(2)7-12;2-1-3/h3-7,10H,8H2,1-2H3;/t10-;/m0./s1. The van der Waals surface area contributed by atoms with E-state index in [2.05, 4.69) is 0 Å². The van der Waals surface area contributed by atoms with Crippen molar-refractivity contribution in [1.29, 1.82) is 0 Å². The highest BCUT2D eigenvalue weighted by Gasteiger charge is 2.17. The van der Waals surface area contributed by atoms with Crippen molar-refractivity contribution in [3.8, 4) is 0 Å². The van der Waals surface area contributed by atoms with Crippen LogP contribution in [-0.4, -0.2) is 26.6 Å². The van der Waals surface area contributed by atoms with E-state index < -0.39 is 15.8 Å². The summed E-state index contributed by atoms with van der Waals surface area (Å²) in [6.45, 7) is 3.43. The average Bonchev–Trinajstić information content (AvgIpc) is 2.29. The Balaban J connectivity index is 0.000000873. The predicted octanol–water partition coefficient (Wildman–Crippen LogP) is 1.02. The van der Waals surface area contributed by atoms with Crippen LogP contribution in [0.3, 0.4) is 0 Å². The van der Waals surface area contributed by atoms with Crippen molar-refractivity contribution >= 4 is 22.3 Å². The molecular formula is C12H14O5S. The zero-order chi connectivity index (χ0) is 14.2. The quantitative estimate of drug-likeness (QED) is 0.762. The van der Waals surface area contributed by atoms with Gasteiger partial charge in [-0.3, -0.25) is 0 Å². The summed E-state index contributed by atoms with van der Waals surface area (Å²) in [5, 5.41) is 0. The second-order valence-corrected chi connectivity index (χ2v) is 5.83. The summed E-state index contributed by atoms with van der Waals surface area (Å²) in [5.74, 6) is -0.588. The van der Waals surface area contributed by atoms with E-state index in [0.29, 0.717) is 6.29 Å². The van der Waals surface area contributed by atoms with E-state index in [0.717, 1.165) is 5.56 Å². The largest absolute Gasteiger partial charge is 0.373 e. The lowest BCUT2D eigenvalue weighted by molar-refractivity contribution is -0.191. The zero-order valence-electron chi connectivity index (χ0n) is 10.1. The van der Waals surface area contributed by atoms with Gasteiger partial charge in [0.1, 0.15) is 6.29 Å². The van der Waals surface area contributed by atoms with Crippen LogP contribution >= 0.6 is 0 Å². The Morgan fingerprint density at radius 3 is 2.33 bits per heavy atom. The van der Waals surface area contributed by atoms with Crippen molar-refractivity contribution < 1.29 is 22.8 Å². The van der Waals surface area contributed by atoms with Crippen molar-refractivity contribution in [2.75, 3.05) is 5.75 Å². The Morgan fingerprint density at radius 1 is 1.33 bits per heavy atom. The van der Waals surface area contributed by atoms with Gasteiger partial charge in [-0.05, 0) is 24.6 Å². The molecule has 18 heavy (non-hydrogen) atoms. The van der Waals surface area contributed by atoms with Gasteiger partial charge in [0.2, 0.25) is 0 Å². The van der Waals surface area contributed by atoms with Gasteiger partial charge in [0.15, 0.2) is 9.84 Å². The molecule has 1 aromatic carbocycles. The minimum absolute atomic E-state index is 0.125. The third kappa shape index (κ3) is 5.52. The maximum Gasteiger partial charge on any atom is 0.373 e. The summed E-state index contributed by atoms with van der Waals surface area (Å²) >= 11 is 0. The van der Waals surface area contributed by atoms with Crippen LogP contribution in [0.25, 0.3) is 0 Å². The molecular weight excluding hydrogens is 256 g/mol. The van der Waals surface area contributed by atoms with Gasteiger partial charge in [-0.1, -0.05) is 19.1 Å². The number of rotatable bonds is 4. The van der Waals surface area contributed by atoms with E-state index in [-0.39, 0.29) is 16.8 Å². The molecule has 0 N–H and O–H groups in total. The smallest absolute Gasteiger partial charge is 0.303 e. The van der Waals surface area contributed by atoms with Gasteiger partial charge in [0.05, 0.1) is 10.6 Å². The first kappa shape index (κ1) is 16.2. The fourth-order valence-corrected chi connectivity index (χ4v) is 2.90. The molecule has 0 aliphatic rings. The van der Waals surface area contributed by atoms with Crippen LogP contribution in [0.1, 0.15) is 12.5 Å². The minimum atomic E-state index is -3.33. The van der Waals surface area contributed by atoms with Gasteiger partial charge in [-0.15, -0.1) is 0 Å². The SMILES string of the molecule is Cc1cccc(S(=O)(=O)C[C@@H](C)C=O)c1.O=C=O. The molecule has 0 radical (unpaired) electrons. The Hall–Kier alpha value is -1.78. The highest BCUT2D eigenvalue weighted by atomic mass is 32.2. The summed E-state index contributed by atoms with van der Waals surface area (Å²) in [4.78, 5) is 27.0. The lowest BCUT2D eigenvalue weighted by Gasteiger charge is -2.06. The molecule has 5 nitrogen and oxygen atoms in total. The molecule has 0 amide bonds. The molecule has 0 saturated carbocycles. The molecule has 0 saturated heterocycles. The average molecular weight is 270 g/mol. The van der Waals surface area contributed by atoms with E-state index in [1.54, 1.807) is 25.1 Å². The fraction of sp³-hybridized carbons (Fsp3) is 0.333. The lowest BCUT2D eigenvalue weighted by atomic mass is 10.2. The highest BCUT2D eigenvalue weighted by Crippen LogP contribution is 2.14. The Morgan fingerprint density at radius 2 is 1.89 bits per heavy atom. The summed E-state index contributed by atoms with van der Waals surface area (Å²) in [6.07, 6.45) is 0.910. The number of aldehydes is 1. The Kier molecular flexibility index (Phi) is 6.78. The molecule has 1 rings (SSSR count).